The van der Waals surface area contributed by atoms with Crippen LogP contribution in [0, 0.1) is 0 Å². The lowest BCUT2D eigenvalue weighted by Gasteiger charge is -2.09. The number of methoxy groups -OCH3 is 1. The molecule has 0 heterocycles. The van der Waals surface area contributed by atoms with Crippen LogP contribution in [-0.4, -0.2) is 52.1 Å². The van der Waals surface area contributed by atoms with Crippen LogP contribution in [0.4, 0.5) is 0 Å². The molecule has 0 spiro atoms. The standard InChI is InChI=1S/C39H48O8/c1-4-31(2)43-27-10-7-8-12-29-45-36-23-17-34(18-24-36)39(41)47-37-19-13-32(14-20-37)25-30-46-38(40)33-15-21-35(22-16-33)44-28-11-6-5-9-26-42-3/h4,13-24H,1-2,5-12,25-30H2,3H3. The van der Waals surface area contributed by atoms with Gasteiger partial charge in [-0.25, -0.2) is 9.59 Å². The van der Waals surface area contributed by atoms with Crippen molar-refractivity contribution in [2.24, 2.45) is 0 Å². The average molecular weight is 645 g/mol. The lowest BCUT2D eigenvalue weighted by atomic mass is 10.1. The summed E-state index contributed by atoms with van der Waals surface area (Å²) in [6, 6.07) is 21.1. The van der Waals surface area contributed by atoms with Crippen molar-refractivity contribution in [3.8, 4) is 17.2 Å². The molecule has 8 nitrogen and oxygen atoms in total. The first kappa shape index (κ1) is 36.9. The molecule has 3 rings (SSSR count). The van der Waals surface area contributed by atoms with Crippen molar-refractivity contribution in [1.82, 2.24) is 0 Å². The highest BCUT2D eigenvalue weighted by Crippen LogP contribution is 2.18. The second kappa shape index (κ2) is 22.0. The molecule has 0 N–H and O–H groups in total. The summed E-state index contributed by atoms with van der Waals surface area (Å²) in [4.78, 5) is 25.1. The molecule has 0 radical (unpaired) electrons. The zero-order valence-corrected chi connectivity index (χ0v) is 27.6. The van der Waals surface area contributed by atoms with E-state index in [0.717, 1.165) is 69.3 Å². The quantitative estimate of drug-likeness (QED) is 0.0315. The van der Waals surface area contributed by atoms with Crippen LogP contribution >= 0.6 is 0 Å². The number of carbonyl (C=O) groups is 2. The second-order valence-electron chi connectivity index (χ2n) is 11.0. The molecule has 0 fully saturated rings. The Labute approximate surface area is 279 Å². The van der Waals surface area contributed by atoms with Gasteiger partial charge in [0, 0.05) is 20.1 Å². The summed E-state index contributed by atoms with van der Waals surface area (Å²) in [5.74, 6) is 1.64. The van der Waals surface area contributed by atoms with Crippen LogP contribution in [0.15, 0.2) is 97.8 Å². The fourth-order valence-electron chi connectivity index (χ4n) is 4.51. The average Bonchev–Trinajstić information content (AvgIpc) is 3.10. The predicted octanol–water partition coefficient (Wildman–Crippen LogP) is 8.55. The van der Waals surface area contributed by atoms with Gasteiger partial charge in [0.2, 0.25) is 0 Å². The largest absolute Gasteiger partial charge is 0.494 e. The molecule has 0 aliphatic heterocycles. The Kier molecular flexibility index (Phi) is 17.3. The number of carbonyl (C=O) groups excluding carboxylic acids is 2. The SMILES string of the molecule is C=CC(=C)OCCCCCCOc1ccc(C(=O)Oc2ccc(CCOC(=O)c3ccc(OCCCCCCOC)cc3)cc2)cc1. The van der Waals surface area contributed by atoms with Crippen molar-refractivity contribution < 1.29 is 38.0 Å². The molecule has 252 valence electrons. The second-order valence-corrected chi connectivity index (χ2v) is 11.0. The van der Waals surface area contributed by atoms with Crippen molar-refractivity contribution in [3.63, 3.8) is 0 Å². The normalized spacial score (nSPS) is 10.6. The molecule has 0 atom stereocenters. The van der Waals surface area contributed by atoms with Gasteiger partial charge >= 0.3 is 11.9 Å². The van der Waals surface area contributed by atoms with Crippen LogP contribution in [0.2, 0.25) is 0 Å². The number of ether oxygens (including phenoxy) is 6. The van der Waals surface area contributed by atoms with Crippen molar-refractivity contribution in [2.75, 3.05) is 40.1 Å². The van der Waals surface area contributed by atoms with Crippen LogP contribution in [0.5, 0.6) is 17.2 Å². The molecule has 8 heteroatoms. The molecule has 0 aliphatic rings. The van der Waals surface area contributed by atoms with Gasteiger partial charge in [-0.15, -0.1) is 0 Å². The van der Waals surface area contributed by atoms with E-state index >= 15 is 0 Å². The lowest BCUT2D eigenvalue weighted by molar-refractivity contribution is 0.0508. The third kappa shape index (κ3) is 15.1. The van der Waals surface area contributed by atoms with Crippen LogP contribution in [0.1, 0.15) is 77.6 Å². The minimum absolute atomic E-state index is 0.231. The predicted molar refractivity (Wildman–Crippen MR) is 183 cm³/mol. The van der Waals surface area contributed by atoms with Crippen molar-refractivity contribution in [3.05, 3.63) is 114 Å². The Morgan fingerprint density at radius 2 is 1.06 bits per heavy atom. The molecule has 3 aromatic carbocycles. The molecular weight excluding hydrogens is 596 g/mol. The Morgan fingerprint density at radius 1 is 0.574 bits per heavy atom. The summed E-state index contributed by atoms with van der Waals surface area (Å²) in [5, 5.41) is 0. The summed E-state index contributed by atoms with van der Waals surface area (Å²) in [6.07, 6.45) is 10.4. The molecule has 0 saturated carbocycles. The Bertz CT molecular complexity index is 1350. The highest BCUT2D eigenvalue weighted by molar-refractivity contribution is 5.91. The number of allylic oxidation sites excluding steroid dienone is 1. The van der Waals surface area contributed by atoms with E-state index in [-0.39, 0.29) is 12.6 Å². The first-order chi connectivity index (χ1) is 23.0. The topological polar surface area (TPSA) is 89.5 Å². The monoisotopic (exact) mass is 644 g/mol. The van der Waals surface area contributed by atoms with Gasteiger partial charge < -0.3 is 28.4 Å². The Hall–Kier alpha value is -4.56. The van der Waals surface area contributed by atoms with E-state index in [2.05, 4.69) is 13.2 Å². The summed E-state index contributed by atoms with van der Waals surface area (Å²) in [7, 11) is 1.72. The van der Waals surface area contributed by atoms with E-state index in [1.165, 1.54) is 0 Å². The van der Waals surface area contributed by atoms with Crippen molar-refractivity contribution in [2.45, 2.75) is 57.8 Å². The molecule has 0 unspecified atom stereocenters. The van der Waals surface area contributed by atoms with Gasteiger partial charge in [-0.3, -0.25) is 0 Å². The fourth-order valence-corrected chi connectivity index (χ4v) is 4.51. The Morgan fingerprint density at radius 3 is 1.60 bits per heavy atom. The molecular formula is C39H48O8. The van der Waals surface area contributed by atoms with Crippen molar-refractivity contribution >= 4 is 11.9 Å². The van der Waals surface area contributed by atoms with E-state index in [4.69, 9.17) is 28.4 Å². The highest BCUT2D eigenvalue weighted by atomic mass is 16.5. The van der Waals surface area contributed by atoms with E-state index in [0.29, 0.717) is 54.6 Å². The zero-order valence-electron chi connectivity index (χ0n) is 27.6. The van der Waals surface area contributed by atoms with E-state index in [9.17, 15) is 9.59 Å². The van der Waals surface area contributed by atoms with Gasteiger partial charge in [-0.05, 0) is 117 Å². The van der Waals surface area contributed by atoms with Gasteiger partial charge in [0.05, 0.1) is 37.6 Å². The molecule has 0 bridgehead atoms. The van der Waals surface area contributed by atoms with Crippen LogP contribution in [-0.2, 0) is 20.6 Å². The first-order valence-electron chi connectivity index (χ1n) is 16.4. The maximum Gasteiger partial charge on any atom is 0.343 e. The molecule has 0 saturated heterocycles. The van der Waals surface area contributed by atoms with Gasteiger partial charge in [0.1, 0.15) is 23.0 Å². The molecule has 3 aromatic rings. The number of rotatable bonds is 24. The van der Waals surface area contributed by atoms with E-state index < -0.39 is 5.97 Å². The van der Waals surface area contributed by atoms with Crippen LogP contribution in [0.3, 0.4) is 0 Å². The molecule has 0 aromatic heterocycles. The van der Waals surface area contributed by atoms with Gasteiger partial charge in [0.15, 0.2) is 0 Å². The maximum absolute atomic E-state index is 12.6. The minimum atomic E-state index is -0.450. The van der Waals surface area contributed by atoms with Crippen LogP contribution in [0.25, 0.3) is 0 Å². The third-order valence-corrected chi connectivity index (χ3v) is 7.27. The van der Waals surface area contributed by atoms with E-state index in [1.54, 1.807) is 73.8 Å². The molecule has 47 heavy (non-hydrogen) atoms. The number of hydrogen-bond acceptors (Lipinski definition) is 8. The van der Waals surface area contributed by atoms with Crippen LogP contribution < -0.4 is 14.2 Å². The van der Waals surface area contributed by atoms with Crippen molar-refractivity contribution in [1.29, 1.82) is 0 Å². The summed E-state index contributed by atoms with van der Waals surface area (Å²) in [5.41, 5.74) is 1.86. The Balaban J connectivity index is 1.29. The summed E-state index contributed by atoms with van der Waals surface area (Å²) < 4.78 is 33.0. The fraction of sp³-hybridized carbons (Fsp3) is 0.385. The highest BCUT2D eigenvalue weighted by Gasteiger charge is 2.10. The van der Waals surface area contributed by atoms with Gasteiger partial charge in [-0.2, -0.15) is 0 Å². The lowest BCUT2D eigenvalue weighted by Crippen LogP contribution is -2.09. The summed E-state index contributed by atoms with van der Waals surface area (Å²) >= 11 is 0. The van der Waals surface area contributed by atoms with Gasteiger partial charge in [0.25, 0.3) is 0 Å². The smallest absolute Gasteiger partial charge is 0.343 e. The van der Waals surface area contributed by atoms with E-state index in [1.807, 2.05) is 12.1 Å². The molecule has 0 amide bonds. The number of unbranched alkanes of at least 4 members (excludes halogenated alkanes) is 6. The van der Waals surface area contributed by atoms with Gasteiger partial charge in [-0.1, -0.05) is 31.7 Å². The zero-order chi connectivity index (χ0) is 33.5. The number of esters is 2. The number of hydrogen-bond donors (Lipinski definition) is 0. The molecule has 0 aliphatic carbocycles. The summed E-state index contributed by atoms with van der Waals surface area (Å²) in [6.45, 7) is 10.3. The third-order valence-electron chi connectivity index (χ3n) is 7.27. The first-order valence-corrected chi connectivity index (χ1v) is 16.4. The minimum Gasteiger partial charge on any atom is -0.494 e. The maximum atomic E-state index is 12.6. The number of benzene rings is 3.